The molecule has 0 saturated heterocycles. The van der Waals surface area contributed by atoms with Crippen molar-refractivity contribution in [1.82, 2.24) is 19.7 Å². The Morgan fingerprint density at radius 1 is 1.03 bits per heavy atom. The van der Waals surface area contributed by atoms with Crippen LogP contribution in [0, 0.1) is 13.8 Å². The smallest absolute Gasteiger partial charge is 0.196 e. The molecule has 2 heterocycles. The fraction of sp³-hybridized carbons (Fsp3) is 0.231. The van der Waals surface area contributed by atoms with Crippen LogP contribution in [0.1, 0.15) is 46.0 Å². The van der Waals surface area contributed by atoms with Crippen LogP contribution in [-0.4, -0.2) is 43.7 Å². The van der Waals surface area contributed by atoms with Crippen molar-refractivity contribution in [3.05, 3.63) is 77.1 Å². The Bertz CT molecular complexity index is 1320. The molecule has 0 amide bonds. The molecule has 4 rings (SSSR count). The number of thioether (sulfide) groups is 1. The normalized spacial score (nSPS) is 10.9. The molecule has 2 aromatic carbocycles. The number of nitrogens with one attached hydrogen (secondary N) is 1. The minimum atomic E-state index is -0.0967. The summed E-state index contributed by atoms with van der Waals surface area (Å²) in [5.41, 5.74) is 4.23. The van der Waals surface area contributed by atoms with E-state index in [2.05, 4.69) is 15.2 Å². The molecule has 0 saturated carbocycles. The van der Waals surface area contributed by atoms with E-state index in [0.717, 1.165) is 17.0 Å². The summed E-state index contributed by atoms with van der Waals surface area (Å²) in [7, 11) is 0. The Morgan fingerprint density at radius 2 is 1.74 bits per heavy atom. The standard InChI is InChI=1S/C26H26N4O3S/c1-5-33-21-13-11-20(12-14-21)30-25(19-9-7-6-8-10-19)28-29-26(30)34-15-22(32)24-16(2)23(18(4)31)17(3)27-24/h6-14,27H,5,15H2,1-4H3. The molecular formula is C26H26N4O3S. The van der Waals surface area contributed by atoms with Crippen molar-refractivity contribution in [1.29, 1.82) is 0 Å². The predicted octanol–water partition coefficient (Wildman–Crippen LogP) is 5.46. The van der Waals surface area contributed by atoms with Gasteiger partial charge in [0.2, 0.25) is 0 Å². The fourth-order valence-electron chi connectivity index (χ4n) is 3.99. The van der Waals surface area contributed by atoms with Crippen LogP contribution in [0.25, 0.3) is 17.1 Å². The lowest BCUT2D eigenvalue weighted by Gasteiger charge is -2.11. The van der Waals surface area contributed by atoms with Gasteiger partial charge in [-0.15, -0.1) is 10.2 Å². The summed E-state index contributed by atoms with van der Waals surface area (Å²) in [5, 5.41) is 9.42. The van der Waals surface area contributed by atoms with Gasteiger partial charge in [0.05, 0.1) is 18.1 Å². The molecule has 0 spiro atoms. The highest BCUT2D eigenvalue weighted by Crippen LogP contribution is 2.30. The molecule has 174 valence electrons. The van der Waals surface area contributed by atoms with Crippen molar-refractivity contribution in [2.45, 2.75) is 32.9 Å². The Balaban J connectivity index is 1.66. The lowest BCUT2D eigenvalue weighted by molar-refractivity contribution is 0.101. The maximum absolute atomic E-state index is 13.0. The zero-order valence-corrected chi connectivity index (χ0v) is 20.4. The summed E-state index contributed by atoms with van der Waals surface area (Å²) in [6.45, 7) is 7.65. The number of nitrogens with zero attached hydrogens (tertiary/aromatic N) is 3. The monoisotopic (exact) mass is 474 g/mol. The van der Waals surface area contributed by atoms with Gasteiger partial charge in [-0.05, 0) is 57.5 Å². The Hall–Kier alpha value is -3.65. The van der Waals surface area contributed by atoms with Gasteiger partial charge in [-0.3, -0.25) is 14.2 Å². The highest BCUT2D eigenvalue weighted by atomic mass is 32.2. The van der Waals surface area contributed by atoms with Crippen LogP contribution >= 0.6 is 11.8 Å². The van der Waals surface area contributed by atoms with Crippen LogP contribution < -0.4 is 4.74 Å². The Kier molecular flexibility index (Phi) is 6.98. The van der Waals surface area contributed by atoms with Gasteiger partial charge < -0.3 is 9.72 Å². The van der Waals surface area contributed by atoms with Crippen molar-refractivity contribution < 1.29 is 14.3 Å². The van der Waals surface area contributed by atoms with E-state index in [0.29, 0.717) is 40.1 Å². The first-order valence-electron chi connectivity index (χ1n) is 11.0. The number of aromatic nitrogens is 4. The lowest BCUT2D eigenvalue weighted by Crippen LogP contribution is -2.07. The van der Waals surface area contributed by atoms with Gasteiger partial charge in [-0.25, -0.2) is 0 Å². The molecule has 4 aromatic rings. The van der Waals surface area contributed by atoms with Crippen LogP contribution in [0.5, 0.6) is 5.75 Å². The molecular weight excluding hydrogens is 448 g/mol. The molecule has 1 N–H and O–H groups in total. The number of Topliss-reactive ketones (excluding diaryl/α,β-unsaturated/α-hetero) is 2. The molecule has 34 heavy (non-hydrogen) atoms. The van der Waals surface area contributed by atoms with Crippen molar-refractivity contribution in [2.75, 3.05) is 12.4 Å². The van der Waals surface area contributed by atoms with Crippen LogP contribution in [0.2, 0.25) is 0 Å². The molecule has 7 nitrogen and oxygen atoms in total. The predicted molar refractivity (Wildman–Crippen MR) is 133 cm³/mol. The highest BCUT2D eigenvalue weighted by molar-refractivity contribution is 7.99. The molecule has 0 unspecified atom stereocenters. The van der Waals surface area contributed by atoms with Gasteiger partial charge in [0.25, 0.3) is 0 Å². The van der Waals surface area contributed by atoms with Gasteiger partial charge in [0.15, 0.2) is 22.5 Å². The third-order valence-corrected chi connectivity index (χ3v) is 6.40. The molecule has 0 atom stereocenters. The maximum Gasteiger partial charge on any atom is 0.196 e. The van der Waals surface area contributed by atoms with Gasteiger partial charge in [-0.1, -0.05) is 42.1 Å². The van der Waals surface area contributed by atoms with Gasteiger partial charge in [-0.2, -0.15) is 0 Å². The summed E-state index contributed by atoms with van der Waals surface area (Å²) in [4.78, 5) is 28.1. The summed E-state index contributed by atoms with van der Waals surface area (Å²) in [6, 6.07) is 17.5. The number of H-pyrrole nitrogens is 1. The van der Waals surface area contributed by atoms with Gasteiger partial charge >= 0.3 is 0 Å². The summed E-state index contributed by atoms with van der Waals surface area (Å²) >= 11 is 1.31. The molecule has 0 bridgehead atoms. The van der Waals surface area contributed by atoms with Crippen molar-refractivity contribution >= 4 is 23.3 Å². The van der Waals surface area contributed by atoms with E-state index >= 15 is 0 Å². The first kappa shape index (κ1) is 23.5. The number of aromatic amines is 1. The molecule has 0 radical (unpaired) electrons. The van der Waals surface area contributed by atoms with E-state index in [9.17, 15) is 9.59 Å². The molecule has 2 aromatic heterocycles. The van der Waals surface area contributed by atoms with Crippen molar-refractivity contribution in [2.24, 2.45) is 0 Å². The van der Waals surface area contributed by atoms with E-state index in [1.165, 1.54) is 18.7 Å². The SMILES string of the molecule is CCOc1ccc(-n2c(SCC(=O)c3[nH]c(C)c(C(C)=O)c3C)nnc2-c2ccccc2)cc1. The van der Waals surface area contributed by atoms with Gasteiger partial charge in [0.1, 0.15) is 5.75 Å². The first-order chi connectivity index (χ1) is 16.4. The summed E-state index contributed by atoms with van der Waals surface area (Å²) in [5.74, 6) is 1.47. The van der Waals surface area contributed by atoms with Crippen molar-refractivity contribution in [3.8, 4) is 22.8 Å². The Morgan fingerprint density at radius 3 is 2.35 bits per heavy atom. The first-order valence-corrected chi connectivity index (χ1v) is 12.0. The quantitative estimate of drug-likeness (QED) is 0.256. The number of ether oxygens (including phenoxy) is 1. The van der Waals surface area contributed by atoms with E-state index in [1.54, 1.807) is 6.92 Å². The number of hydrogen-bond acceptors (Lipinski definition) is 6. The zero-order valence-electron chi connectivity index (χ0n) is 19.6. The number of carbonyl (C=O) groups is 2. The summed E-state index contributed by atoms with van der Waals surface area (Å²) < 4.78 is 7.51. The van der Waals surface area contributed by atoms with E-state index < -0.39 is 0 Å². The second kappa shape index (κ2) is 10.1. The molecule has 0 aliphatic rings. The number of ketones is 2. The van der Waals surface area contributed by atoms with Crippen LogP contribution in [0.4, 0.5) is 0 Å². The van der Waals surface area contributed by atoms with E-state index in [4.69, 9.17) is 4.74 Å². The fourth-order valence-corrected chi connectivity index (χ4v) is 4.81. The molecule has 0 fully saturated rings. The molecule has 8 heteroatoms. The maximum atomic E-state index is 13.0. The summed E-state index contributed by atoms with van der Waals surface area (Å²) in [6.07, 6.45) is 0. The average Bonchev–Trinajstić information content (AvgIpc) is 3.39. The largest absolute Gasteiger partial charge is 0.494 e. The average molecular weight is 475 g/mol. The van der Waals surface area contributed by atoms with Gasteiger partial charge in [0, 0.05) is 22.5 Å². The lowest BCUT2D eigenvalue weighted by atomic mass is 10.1. The minimum absolute atomic E-state index is 0.0549. The van der Waals surface area contributed by atoms with E-state index in [1.807, 2.05) is 73.0 Å². The zero-order chi connectivity index (χ0) is 24.2. The van der Waals surface area contributed by atoms with Crippen molar-refractivity contribution in [3.63, 3.8) is 0 Å². The number of benzene rings is 2. The Labute approximate surface area is 202 Å². The van der Waals surface area contributed by atoms with Crippen LogP contribution in [0.3, 0.4) is 0 Å². The number of aryl methyl sites for hydroxylation is 1. The molecule has 0 aliphatic carbocycles. The number of rotatable bonds is 9. The number of hydrogen-bond donors (Lipinski definition) is 1. The minimum Gasteiger partial charge on any atom is -0.494 e. The third-order valence-electron chi connectivity index (χ3n) is 5.47. The van der Waals surface area contributed by atoms with Crippen LogP contribution in [0.15, 0.2) is 59.8 Å². The number of carbonyl (C=O) groups excluding carboxylic acids is 2. The highest BCUT2D eigenvalue weighted by Gasteiger charge is 2.22. The second-order valence-electron chi connectivity index (χ2n) is 7.83. The van der Waals surface area contributed by atoms with Crippen LogP contribution in [-0.2, 0) is 0 Å². The third kappa shape index (κ3) is 4.68. The van der Waals surface area contributed by atoms with E-state index in [-0.39, 0.29) is 17.3 Å². The topological polar surface area (TPSA) is 89.9 Å². The second-order valence-corrected chi connectivity index (χ2v) is 8.77. The molecule has 0 aliphatic heterocycles.